The number of amides is 1. The molecule has 5 nitrogen and oxygen atoms in total. The van der Waals surface area contributed by atoms with Crippen molar-refractivity contribution in [3.05, 3.63) is 66.0 Å². The second-order valence-electron chi connectivity index (χ2n) is 9.08. The van der Waals surface area contributed by atoms with E-state index < -0.39 is 0 Å². The molecule has 0 radical (unpaired) electrons. The lowest BCUT2D eigenvalue weighted by Gasteiger charge is -2.33. The molecule has 0 bridgehead atoms. The number of pyridine rings is 1. The highest BCUT2D eigenvalue weighted by atomic mass is 16.2. The molecule has 6 rings (SSSR count). The summed E-state index contributed by atoms with van der Waals surface area (Å²) < 4.78 is 0. The van der Waals surface area contributed by atoms with Crippen LogP contribution in [0.25, 0.3) is 6.08 Å². The van der Waals surface area contributed by atoms with E-state index in [4.69, 9.17) is 0 Å². The Morgan fingerprint density at radius 2 is 1.93 bits per heavy atom. The number of rotatable bonds is 3. The highest BCUT2D eigenvalue weighted by Gasteiger charge is 2.67. The van der Waals surface area contributed by atoms with Crippen molar-refractivity contribution in [2.24, 2.45) is 17.8 Å². The molecule has 1 amide bonds. The fourth-order valence-electron chi connectivity index (χ4n) is 6.14. The maximum absolute atomic E-state index is 12.8. The van der Waals surface area contributed by atoms with Crippen LogP contribution in [0.15, 0.2) is 54.9 Å². The van der Waals surface area contributed by atoms with Gasteiger partial charge in [0.2, 0.25) is 5.91 Å². The smallest absolute Gasteiger partial charge is 0.235 e. The number of hydrogen-bond donors (Lipinski definition) is 3. The van der Waals surface area contributed by atoms with E-state index in [1.165, 1.54) is 24.0 Å². The molecule has 3 fully saturated rings. The maximum Gasteiger partial charge on any atom is 0.235 e. The zero-order valence-electron chi connectivity index (χ0n) is 16.3. The first-order valence-corrected chi connectivity index (χ1v) is 10.8. The van der Waals surface area contributed by atoms with Crippen molar-refractivity contribution < 1.29 is 4.79 Å². The van der Waals surface area contributed by atoms with E-state index in [0.29, 0.717) is 29.8 Å². The molecular formula is C24H26N4O. The Hall–Kier alpha value is -2.50. The number of nitrogens with zero attached hydrogens (tertiary/aromatic N) is 1. The van der Waals surface area contributed by atoms with Gasteiger partial charge in [-0.15, -0.1) is 0 Å². The summed E-state index contributed by atoms with van der Waals surface area (Å²) in [6.45, 7) is 0. The highest BCUT2D eigenvalue weighted by molar-refractivity contribution is 6.08. The fraction of sp³-hybridized carbons (Fsp3) is 0.417. The number of para-hydroxylation sites is 1. The lowest BCUT2D eigenvalue weighted by atomic mass is 9.73. The Morgan fingerprint density at radius 3 is 2.83 bits per heavy atom. The van der Waals surface area contributed by atoms with Crippen molar-refractivity contribution in [1.29, 1.82) is 0 Å². The lowest BCUT2D eigenvalue weighted by molar-refractivity contribution is -0.118. The van der Waals surface area contributed by atoms with E-state index in [-0.39, 0.29) is 11.3 Å². The largest absolute Gasteiger partial charge is 0.325 e. The summed E-state index contributed by atoms with van der Waals surface area (Å²) in [5.41, 5.74) is 10.2. The molecule has 2 aliphatic carbocycles. The summed E-state index contributed by atoms with van der Waals surface area (Å²) in [5.74, 6) is 1.94. The van der Waals surface area contributed by atoms with Crippen LogP contribution >= 0.6 is 0 Å². The first-order chi connectivity index (χ1) is 14.3. The van der Waals surface area contributed by atoms with Crippen molar-refractivity contribution in [1.82, 2.24) is 15.8 Å². The van der Waals surface area contributed by atoms with Crippen molar-refractivity contribution in [2.75, 3.05) is 5.32 Å². The fourth-order valence-corrected chi connectivity index (χ4v) is 6.14. The van der Waals surface area contributed by atoms with Gasteiger partial charge in [0.15, 0.2) is 0 Å². The van der Waals surface area contributed by atoms with Gasteiger partial charge in [-0.25, -0.2) is 0 Å². The zero-order valence-corrected chi connectivity index (χ0v) is 16.3. The Balaban J connectivity index is 1.15. The Bertz CT molecular complexity index is 974. The zero-order chi connectivity index (χ0) is 19.4. The summed E-state index contributed by atoms with van der Waals surface area (Å²) in [6.07, 6.45) is 12.7. The van der Waals surface area contributed by atoms with Gasteiger partial charge in [0.1, 0.15) is 0 Å². The van der Waals surface area contributed by atoms with Crippen LogP contribution in [0, 0.1) is 17.8 Å². The number of nitrogens with one attached hydrogen (secondary N) is 3. The summed E-state index contributed by atoms with van der Waals surface area (Å²) in [4.78, 5) is 16.9. The van der Waals surface area contributed by atoms with Crippen LogP contribution in [0.1, 0.15) is 36.8 Å². The molecule has 3 N–H and O–H groups in total. The first kappa shape index (κ1) is 17.4. The molecule has 29 heavy (non-hydrogen) atoms. The monoisotopic (exact) mass is 386 g/mol. The Kier molecular flexibility index (Phi) is 3.90. The molecule has 148 valence electrons. The average Bonchev–Trinajstić information content (AvgIpc) is 3.29. The van der Waals surface area contributed by atoms with E-state index in [1.54, 1.807) is 0 Å². The summed E-state index contributed by atoms with van der Waals surface area (Å²) in [5, 5.41) is 3.12. The van der Waals surface area contributed by atoms with E-state index >= 15 is 0 Å². The predicted molar refractivity (Wildman–Crippen MR) is 113 cm³/mol. The molecular weight excluding hydrogens is 360 g/mol. The summed E-state index contributed by atoms with van der Waals surface area (Å²) in [6, 6.07) is 13.2. The van der Waals surface area contributed by atoms with Gasteiger partial charge in [0, 0.05) is 30.2 Å². The van der Waals surface area contributed by atoms with Gasteiger partial charge in [-0.2, -0.15) is 0 Å². The topological polar surface area (TPSA) is 66.0 Å². The minimum Gasteiger partial charge on any atom is -0.325 e. The molecule has 1 saturated heterocycles. The van der Waals surface area contributed by atoms with Gasteiger partial charge in [0.05, 0.1) is 5.41 Å². The van der Waals surface area contributed by atoms with Gasteiger partial charge in [0.25, 0.3) is 0 Å². The standard InChI is InChI=1S/C24H26N4O/c29-23-24(18-3-1-2-4-21(18)26-23)14-19(24)16-6-7-17-20(27-28-22(17)13-16)8-5-15-9-11-25-12-10-15/h1-5,8-12,16-17,19-20,22,27-28H,6-7,13-14H2,(H,26,29)/b8-5+/t16?,17?,19?,20?,22?,24-/m0/s1. The second kappa shape index (κ2) is 6.51. The molecule has 2 aliphatic heterocycles. The highest BCUT2D eigenvalue weighted by Crippen LogP contribution is 2.64. The van der Waals surface area contributed by atoms with E-state index in [9.17, 15) is 4.79 Å². The van der Waals surface area contributed by atoms with Gasteiger partial charge in [-0.1, -0.05) is 30.4 Å². The van der Waals surface area contributed by atoms with Gasteiger partial charge >= 0.3 is 0 Å². The van der Waals surface area contributed by atoms with Gasteiger partial charge in [-0.3, -0.25) is 20.6 Å². The Labute approximate surface area is 171 Å². The van der Waals surface area contributed by atoms with Crippen LogP contribution in [0.5, 0.6) is 0 Å². The molecule has 5 heteroatoms. The van der Waals surface area contributed by atoms with Crippen LogP contribution in [0.4, 0.5) is 5.69 Å². The number of carbonyl (C=O) groups is 1. The molecule has 3 heterocycles. The first-order valence-electron chi connectivity index (χ1n) is 10.8. The quantitative estimate of drug-likeness (QED) is 0.758. The van der Waals surface area contributed by atoms with E-state index in [2.05, 4.69) is 45.4 Å². The predicted octanol–water partition coefficient (Wildman–Crippen LogP) is 3.27. The molecule has 4 aliphatic rings. The average molecular weight is 386 g/mol. The third kappa shape index (κ3) is 2.68. The number of carbonyl (C=O) groups excluding carboxylic acids is 1. The Morgan fingerprint density at radius 1 is 1.07 bits per heavy atom. The van der Waals surface area contributed by atoms with Crippen LogP contribution in [-0.4, -0.2) is 23.0 Å². The molecule has 6 atom stereocenters. The minimum atomic E-state index is -0.249. The van der Waals surface area contributed by atoms with Crippen molar-refractivity contribution in [3.63, 3.8) is 0 Å². The molecule has 1 aromatic heterocycles. The van der Waals surface area contributed by atoms with Crippen molar-refractivity contribution in [2.45, 2.75) is 43.2 Å². The third-order valence-electron chi connectivity index (χ3n) is 7.69. The van der Waals surface area contributed by atoms with Crippen molar-refractivity contribution in [3.8, 4) is 0 Å². The number of hydrogen-bond acceptors (Lipinski definition) is 4. The number of benzene rings is 1. The van der Waals surface area contributed by atoms with Crippen LogP contribution in [0.3, 0.4) is 0 Å². The number of hydrazine groups is 1. The molecule has 5 unspecified atom stereocenters. The van der Waals surface area contributed by atoms with Crippen LogP contribution in [-0.2, 0) is 10.2 Å². The molecule has 1 spiro atoms. The molecule has 1 aromatic carbocycles. The normalized spacial score (nSPS) is 37.5. The van der Waals surface area contributed by atoms with Crippen molar-refractivity contribution >= 4 is 17.7 Å². The molecule has 2 saturated carbocycles. The number of anilines is 1. The van der Waals surface area contributed by atoms with E-state index in [1.807, 2.05) is 36.7 Å². The summed E-state index contributed by atoms with van der Waals surface area (Å²) >= 11 is 0. The van der Waals surface area contributed by atoms with Gasteiger partial charge in [-0.05, 0) is 72.8 Å². The lowest BCUT2D eigenvalue weighted by Crippen LogP contribution is -2.37. The number of fused-ring (bicyclic) bond motifs is 3. The van der Waals surface area contributed by atoms with Crippen LogP contribution in [0.2, 0.25) is 0 Å². The number of aromatic nitrogens is 1. The SMILES string of the molecule is O=C1Nc2ccccc2[C@]12CC2C1CCC2C(/C=C/c3ccncc3)NNC2C1. The van der Waals surface area contributed by atoms with Gasteiger partial charge < -0.3 is 5.32 Å². The van der Waals surface area contributed by atoms with Crippen LogP contribution < -0.4 is 16.2 Å². The van der Waals surface area contributed by atoms with E-state index in [0.717, 1.165) is 18.5 Å². The minimum absolute atomic E-state index is 0.224. The second-order valence-corrected chi connectivity index (χ2v) is 9.08. The third-order valence-corrected chi connectivity index (χ3v) is 7.69. The molecule has 2 aromatic rings. The maximum atomic E-state index is 12.8. The summed E-state index contributed by atoms with van der Waals surface area (Å²) in [7, 11) is 0.